The van der Waals surface area contributed by atoms with Gasteiger partial charge in [0, 0.05) is 30.1 Å². The summed E-state index contributed by atoms with van der Waals surface area (Å²) in [5.41, 5.74) is 17.9. The third kappa shape index (κ3) is 9.07. The number of amides is 3. The monoisotopic (exact) mass is 530 g/mol. The summed E-state index contributed by atoms with van der Waals surface area (Å²) in [4.78, 5) is 56.7. The number of nitrogens with one attached hydrogen (secondary N) is 4. The quantitative estimate of drug-likeness (QED) is 0.0832. The van der Waals surface area contributed by atoms with E-state index in [-0.39, 0.29) is 18.3 Å². The molecule has 3 amide bonds. The number of hydrogen-bond donors (Lipinski definition) is 8. The minimum atomic E-state index is -1.21. The van der Waals surface area contributed by atoms with Crippen molar-refractivity contribution < 1.29 is 24.3 Å². The highest BCUT2D eigenvalue weighted by atomic mass is 16.4. The molecule has 208 valence electrons. The maximum atomic E-state index is 13.1. The Bertz CT molecular complexity index is 1140. The number of aliphatic imine (C=N–C) groups is 1. The van der Waals surface area contributed by atoms with Gasteiger partial charge in [0.1, 0.15) is 12.1 Å². The number of benzene rings is 1. The van der Waals surface area contributed by atoms with E-state index in [1.54, 1.807) is 13.1 Å². The highest BCUT2D eigenvalue weighted by molar-refractivity contribution is 5.93. The zero-order chi connectivity index (χ0) is 28.2. The van der Waals surface area contributed by atoms with Crippen molar-refractivity contribution in [3.63, 3.8) is 0 Å². The van der Waals surface area contributed by atoms with Gasteiger partial charge in [-0.15, -0.1) is 0 Å². The summed E-state index contributed by atoms with van der Waals surface area (Å²) in [5.74, 6) is -3.29. The Balaban J connectivity index is 1.96. The van der Waals surface area contributed by atoms with Gasteiger partial charge in [0.25, 0.3) is 0 Å². The fraction of sp³-hybridized carbons (Fsp3) is 0.480. The van der Waals surface area contributed by atoms with Crippen molar-refractivity contribution in [2.45, 2.75) is 57.7 Å². The molecule has 11 N–H and O–H groups in total. The standard InChI is InChI=1S/C25H38N8O5/c1-3-14(2)21(33-20(34)13-31-22(35)17(26)8-6-10-29-25(27)28)23(36)32-19(24(37)38)11-15-12-30-18-9-5-4-7-16(15)18/h4-5,7,9,12,14,17,19,21,30H,3,6,8,10-11,13,26H2,1-2H3,(H,31,35)(H,32,36)(H,33,34)(H,37,38)(H4,27,28,29). The molecule has 13 heteroatoms. The first-order valence-corrected chi connectivity index (χ1v) is 12.5. The highest BCUT2D eigenvalue weighted by Gasteiger charge is 2.30. The maximum absolute atomic E-state index is 13.1. The Labute approximate surface area is 221 Å². The van der Waals surface area contributed by atoms with Gasteiger partial charge in [-0.1, -0.05) is 38.5 Å². The minimum Gasteiger partial charge on any atom is -0.480 e. The highest BCUT2D eigenvalue weighted by Crippen LogP contribution is 2.19. The molecule has 0 aliphatic carbocycles. The lowest BCUT2D eigenvalue weighted by molar-refractivity contribution is -0.142. The number of aromatic amines is 1. The molecule has 4 atom stereocenters. The normalized spacial score (nSPS) is 14.1. The number of hydrogen-bond acceptors (Lipinski definition) is 6. The van der Waals surface area contributed by atoms with E-state index in [0.717, 1.165) is 16.5 Å². The molecule has 4 unspecified atom stereocenters. The molecule has 13 nitrogen and oxygen atoms in total. The molecule has 1 heterocycles. The van der Waals surface area contributed by atoms with Gasteiger partial charge in [-0.3, -0.25) is 19.4 Å². The number of carboxylic acids is 1. The predicted octanol–water partition coefficient (Wildman–Crippen LogP) is -0.692. The molecule has 1 aromatic heterocycles. The zero-order valence-corrected chi connectivity index (χ0v) is 21.7. The van der Waals surface area contributed by atoms with E-state index in [1.807, 2.05) is 31.2 Å². The molecule has 0 saturated heterocycles. The van der Waals surface area contributed by atoms with Crippen molar-refractivity contribution in [2.75, 3.05) is 13.1 Å². The van der Waals surface area contributed by atoms with Gasteiger partial charge in [-0.2, -0.15) is 0 Å². The number of rotatable bonds is 15. The Hall–Kier alpha value is -4.13. The number of fused-ring (bicyclic) bond motifs is 1. The van der Waals surface area contributed by atoms with E-state index in [1.165, 1.54) is 0 Å². The smallest absolute Gasteiger partial charge is 0.326 e. The molecule has 2 rings (SSSR count). The van der Waals surface area contributed by atoms with E-state index >= 15 is 0 Å². The molecule has 0 bridgehead atoms. The molecule has 1 aromatic carbocycles. The van der Waals surface area contributed by atoms with E-state index in [0.29, 0.717) is 25.8 Å². The van der Waals surface area contributed by atoms with Gasteiger partial charge in [0.05, 0.1) is 12.6 Å². The molecule has 38 heavy (non-hydrogen) atoms. The largest absolute Gasteiger partial charge is 0.480 e. The van der Waals surface area contributed by atoms with Crippen LogP contribution in [0, 0.1) is 5.92 Å². The molecule has 0 aliphatic heterocycles. The first kappa shape index (κ1) is 30.1. The third-order valence-electron chi connectivity index (χ3n) is 6.25. The van der Waals surface area contributed by atoms with Crippen molar-refractivity contribution in [3.05, 3.63) is 36.0 Å². The Morgan fingerprint density at radius 3 is 2.47 bits per heavy atom. The van der Waals surface area contributed by atoms with Crippen molar-refractivity contribution in [2.24, 2.45) is 28.1 Å². The van der Waals surface area contributed by atoms with Crippen LogP contribution in [0.25, 0.3) is 10.9 Å². The molecule has 0 fully saturated rings. The Morgan fingerprint density at radius 1 is 1.11 bits per heavy atom. The predicted molar refractivity (Wildman–Crippen MR) is 144 cm³/mol. The number of para-hydroxylation sites is 1. The number of H-pyrrole nitrogens is 1. The third-order valence-corrected chi connectivity index (χ3v) is 6.25. The topological polar surface area (TPSA) is 231 Å². The second-order valence-electron chi connectivity index (χ2n) is 9.17. The minimum absolute atomic E-state index is 0.0489. The Kier molecular flexibility index (Phi) is 11.5. The Morgan fingerprint density at radius 2 is 1.82 bits per heavy atom. The van der Waals surface area contributed by atoms with Crippen LogP contribution in [0.1, 0.15) is 38.7 Å². The van der Waals surface area contributed by atoms with Gasteiger partial charge < -0.3 is 43.2 Å². The van der Waals surface area contributed by atoms with Gasteiger partial charge in [-0.05, 0) is 30.4 Å². The number of carboxylic acid groups (broad SMARTS) is 1. The number of nitrogens with two attached hydrogens (primary N) is 3. The second-order valence-corrected chi connectivity index (χ2v) is 9.17. The molecule has 0 spiro atoms. The summed E-state index contributed by atoms with van der Waals surface area (Å²) in [7, 11) is 0. The van der Waals surface area contributed by atoms with Crippen molar-refractivity contribution in [1.82, 2.24) is 20.9 Å². The molecular formula is C25H38N8O5. The van der Waals surface area contributed by atoms with Crippen LogP contribution >= 0.6 is 0 Å². The molecular weight excluding hydrogens is 492 g/mol. The van der Waals surface area contributed by atoms with Crippen LogP contribution in [0.3, 0.4) is 0 Å². The number of aliphatic carboxylic acids is 1. The van der Waals surface area contributed by atoms with E-state index in [4.69, 9.17) is 17.2 Å². The number of guanidine groups is 1. The lowest BCUT2D eigenvalue weighted by Crippen LogP contribution is -2.56. The number of aromatic nitrogens is 1. The summed E-state index contributed by atoms with van der Waals surface area (Å²) < 4.78 is 0. The summed E-state index contributed by atoms with van der Waals surface area (Å²) in [6, 6.07) is 4.40. The summed E-state index contributed by atoms with van der Waals surface area (Å²) in [5, 5.41) is 18.2. The fourth-order valence-electron chi connectivity index (χ4n) is 3.86. The van der Waals surface area contributed by atoms with Crippen LogP contribution in [-0.2, 0) is 25.6 Å². The SMILES string of the molecule is CCC(C)C(NC(=O)CNC(=O)C(N)CCCN=C(N)N)C(=O)NC(Cc1c[nH]c2ccccc12)C(=O)O. The number of carbonyl (C=O) groups is 4. The van der Waals surface area contributed by atoms with Gasteiger partial charge in [0.15, 0.2) is 5.96 Å². The van der Waals surface area contributed by atoms with Crippen LogP contribution in [0.5, 0.6) is 0 Å². The maximum Gasteiger partial charge on any atom is 0.326 e. The van der Waals surface area contributed by atoms with Gasteiger partial charge >= 0.3 is 5.97 Å². The van der Waals surface area contributed by atoms with Crippen molar-refractivity contribution in [1.29, 1.82) is 0 Å². The average Bonchev–Trinajstić information content (AvgIpc) is 3.29. The lowest BCUT2D eigenvalue weighted by Gasteiger charge is -2.25. The lowest BCUT2D eigenvalue weighted by atomic mass is 9.97. The van der Waals surface area contributed by atoms with Gasteiger partial charge in [0.2, 0.25) is 17.7 Å². The van der Waals surface area contributed by atoms with Crippen LogP contribution < -0.4 is 33.2 Å². The van der Waals surface area contributed by atoms with Crippen molar-refractivity contribution >= 4 is 40.6 Å². The van der Waals surface area contributed by atoms with E-state index in [9.17, 15) is 24.3 Å². The van der Waals surface area contributed by atoms with Crippen LogP contribution in [0.15, 0.2) is 35.5 Å². The fourth-order valence-corrected chi connectivity index (χ4v) is 3.86. The molecule has 0 saturated carbocycles. The van der Waals surface area contributed by atoms with Gasteiger partial charge in [-0.25, -0.2) is 4.79 Å². The zero-order valence-electron chi connectivity index (χ0n) is 21.7. The first-order valence-electron chi connectivity index (χ1n) is 12.5. The number of carbonyl (C=O) groups excluding carboxylic acids is 3. The number of nitrogens with zero attached hydrogens (tertiary/aromatic N) is 1. The first-order chi connectivity index (χ1) is 18.0. The average molecular weight is 531 g/mol. The van der Waals surface area contributed by atoms with Crippen LogP contribution in [-0.4, -0.2) is 71.0 Å². The van der Waals surface area contributed by atoms with E-state index < -0.39 is 48.4 Å². The molecule has 2 aromatic rings. The second kappa shape index (κ2) is 14.6. The summed E-state index contributed by atoms with van der Waals surface area (Å²) in [6.07, 6.45) is 3.12. The van der Waals surface area contributed by atoms with Crippen LogP contribution in [0.2, 0.25) is 0 Å². The molecule has 0 aliphatic rings. The summed E-state index contributed by atoms with van der Waals surface area (Å²) in [6.45, 7) is 3.55. The van der Waals surface area contributed by atoms with Crippen molar-refractivity contribution in [3.8, 4) is 0 Å². The summed E-state index contributed by atoms with van der Waals surface area (Å²) >= 11 is 0. The van der Waals surface area contributed by atoms with E-state index in [2.05, 4.69) is 25.9 Å². The molecule has 0 radical (unpaired) electrons. The van der Waals surface area contributed by atoms with Crippen LogP contribution in [0.4, 0.5) is 0 Å².